The van der Waals surface area contributed by atoms with Gasteiger partial charge in [0.15, 0.2) is 0 Å². The number of morpholine rings is 1. The number of ether oxygens (including phenoxy) is 2. The van der Waals surface area contributed by atoms with Crippen LogP contribution in [-0.2, 0) is 22.5 Å². The second-order valence-electron chi connectivity index (χ2n) is 10.9. The van der Waals surface area contributed by atoms with Crippen molar-refractivity contribution >= 4 is 34.1 Å². The Balaban J connectivity index is 1.20. The van der Waals surface area contributed by atoms with Gasteiger partial charge in [0.25, 0.3) is 0 Å². The molecule has 0 radical (unpaired) electrons. The van der Waals surface area contributed by atoms with Crippen LogP contribution in [-0.4, -0.2) is 91.7 Å². The van der Waals surface area contributed by atoms with Gasteiger partial charge in [0.05, 0.1) is 43.4 Å². The van der Waals surface area contributed by atoms with Crippen molar-refractivity contribution in [1.29, 1.82) is 0 Å². The Kier molecular flexibility index (Phi) is 9.20. The van der Waals surface area contributed by atoms with Gasteiger partial charge in [0.1, 0.15) is 5.75 Å². The average molecular weight is 606 g/mol. The molecule has 228 valence electrons. The molecule has 2 fully saturated rings. The third-order valence-corrected chi connectivity index (χ3v) is 9.26. The molecule has 1 atom stereocenters. The number of hydrogen-bond acceptors (Lipinski definition) is 8. The summed E-state index contributed by atoms with van der Waals surface area (Å²) in [5.74, 6) is 1.16. The van der Waals surface area contributed by atoms with Crippen molar-refractivity contribution in [3.05, 3.63) is 66.4 Å². The molecule has 2 aliphatic rings. The average Bonchev–Trinajstić information content (AvgIpc) is 3.47. The zero-order chi connectivity index (χ0) is 29.8. The molecule has 2 aromatic carbocycles. The molecule has 43 heavy (non-hydrogen) atoms. The molecule has 0 amide bonds. The van der Waals surface area contributed by atoms with Gasteiger partial charge >= 0.3 is 0 Å². The molecule has 0 spiro atoms. The molecule has 12 heteroatoms. The second kappa shape index (κ2) is 13.4. The molecule has 2 aliphatic heterocycles. The lowest BCUT2D eigenvalue weighted by Crippen LogP contribution is -2.49. The third-order valence-electron chi connectivity index (χ3n) is 8.44. The number of nitrogens with one attached hydrogen (secondary N) is 1. The summed E-state index contributed by atoms with van der Waals surface area (Å²) in [5.41, 5.74) is 5.52. The molecule has 4 heterocycles. The van der Waals surface area contributed by atoms with Gasteiger partial charge in [-0.05, 0) is 42.7 Å². The summed E-state index contributed by atoms with van der Waals surface area (Å²) >= 11 is -2.05. The molecule has 0 saturated carbocycles. The summed E-state index contributed by atoms with van der Waals surface area (Å²) < 4.78 is 36.1. The minimum Gasteiger partial charge on any atom is -0.494 e. The first-order chi connectivity index (χ1) is 21.0. The van der Waals surface area contributed by atoms with Crippen molar-refractivity contribution in [2.45, 2.75) is 32.4 Å². The van der Waals surface area contributed by atoms with Crippen molar-refractivity contribution in [3.8, 4) is 17.0 Å². The Morgan fingerprint density at radius 1 is 1.09 bits per heavy atom. The van der Waals surface area contributed by atoms with E-state index >= 15 is 0 Å². The summed E-state index contributed by atoms with van der Waals surface area (Å²) in [6.45, 7) is 8.44. The fraction of sp³-hybridized carbons (Fsp3) is 0.419. The van der Waals surface area contributed by atoms with E-state index < -0.39 is 11.3 Å². The van der Waals surface area contributed by atoms with Crippen LogP contribution in [0.4, 0.5) is 17.3 Å². The normalized spacial score (nSPS) is 17.4. The van der Waals surface area contributed by atoms with E-state index in [4.69, 9.17) is 14.6 Å². The summed E-state index contributed by atoms with van der Waals surface area (Å²) in [6, 6.07) is 18.7. The molecule has 2 saturated heterocycles. The highest BCUT2D eigenvalue weighted by molar-refractivity contribution is 7.76. The van der Waals surface area contributed by atoms with Crippen molar-refractivity contribution in [2.75, 3.05) is 63.3 Å². The lowest BCUT2D eigenvalue weighted by Gasteiger charge is -2.40. The smallest absolute Gasteiger partial charge is 0.245 e. The second-order valence-corrected chi connectivity index (χ2v) is 11.8. The standard InChI is InChI=1S/C31H39N7O4S/c1-3-37(43(39)40)22-23-6-4-5-7-27(23)29-11-9-26-21-32-31(34-38(26)29)33-28-10-8-25(20-30(28)41-2)35-14-12-24(13-15-35)36-16-18-42-19-17-36/h4-11,20-21,24H,3,12-19,22H2,1-2H3,(H,33,34)(H,39,40). The number of methoxy groups -OCH3 is 1. The lowest BCUT2D eigenvalue weighted by molar-refractivity contribution is 0.0115. The van der Waals surface area contributed by atoms with E-state index in [9.17, 15) is 8.76 Å². The molecule has 0 aliphatic carbocycles. The maximum Gasteiger partial charge on any atom is 0.245 e. The Hall–Kier alpha value is -3.55. The number of aromatic nitrogens is 3. The van der Waals surface area contributed by atoms with Crippen LogP contribution in [0.5, 0.6) is 5.75 Å². The molecule has 1 unspecified atom stereocenters. The molecule has 2 N–H and O–H groups in total. The van der Waals surface area contributed by atoms with Gasteiger partial charge < -0.3 is 19.7 Å². The summed E-state index contributed by atoms with van der Waals surface area (Å²) in [7, 11) is 1.68. The van der Waals surface area contributed by atoms with Crippen LogP contribution in [0.3, 0.4) is 0 Å². The Morgan fingerprint density at radius 2 is 1.88 bits per heavy atom. The maximum atomic E-state index is 11.8. The van der Waals surface area contributed by atoms with Crippen LogP contribution in [0.15, 0.2) is 60.8 Å². The van der Waals surface area contributed by atoms with Gasteiger partial charge in [-0.3, -0.25) is 9.45 Å². The van der Waals surface area contributed by atoms with E-state index in [1.165, 1.54) is 4.31 Å². The van der Waals surface area contributed by atoms with Gasteiger partial charge in [-0.1, -0.05) is 31.2 Å². The van der Waals surface area contributed by atoms with E-state index in [2.05, 4.69) is 32.2 Å². The largest absolute Gasteiger partial charge is 0.494 e. The van der Waals surface area contributed by atoms with Gasteiger partial charge in [-0.2, -0.15) is 4.31 Å². The third kappa shape index (κ3) is 6.53. The van der Waals surface area contributed by atoms with Crippen LogP contribution in [0.1, 0.15) is 25.3 Å². The minimum atomic E-state index is -2.05. The summed E-state index contributed by atoms with van der Waals surface area (Å²) in [4.78, 5) is 9.57. The molecular weight excluding hydrogens is 566 g/mol. The summed E-state index contributed by atoms with van der Waals surface area (Å²) in [5, 5.41) is 8.16. The molecule has 2 aromatic heterocycles. The summed E-state index contributed by atoms with van der Waals surface area (Å²) in [6.07, 6.45) is 4.07. The SMILES string of the molecule is CCN(Cc1ccccc1-c1ccc2cnc(Nc3ccc(N4CCC(N5CCOCC5)CC4)cc3OC)nn12)S(=O)O. The highest BCUT2D eigenvalue weighted by atomic mass is 32.2. The predicted octanol–water partition coefficient (Wildman–Crippen LogP) is 4.41. The molecule has 4 aromatic rings. The van der Waals surface area contributed by atoms with Gasteiger partial charge in [-0.15, -0.1) is 5.10 Å². The van der Waals surface area contributed by atoms with Crippen LogP contribution in [0.2, 0.25) is 0 Å². The number of hydrogen-bond donors (Lipinski definition) is 2. The van der Waals surface area contributed by atoms with Gasteiger partial charge in [0, 0.05) is 62.6 Å². The number of benzene rings is 2. The molecule has 11 nitrogen and oxygen atoms in total. The maximum absolute atomic E-state index is 11.8. The van der Waals surface area contributed by atoms with Crippen LogP contribution >= 0.6 is 0 Å². The topological polar surface area (TPSA) is 108 Å². The van der Waals surface area contributed by atoms with E-state index in [1.54, 1.807) is 13.3 Å². The first-order valence-electron chi connectivity index (χ1n) is 14.8. The van der Waals surface area contributed by atoms with E-state index in [-0.39, 0.29) is 0 Å². The predicted molar refractivity (Wildman–Crippen MR) is 169 cm³/mol. The minimum absolute atomic E-state index is 0.341. The van der Waals surface area contributed by atoms with Crippen LogP contribution in [0, 0.1) is 0 Å². The monoisotopic (exact) mass is 605 g/mol. The Bertz CT molecular complexity index is 1570. The first-order valence-corrected chi connectivity index (χ1v) is 15.9. The van der Waals surface area contributed by atoms with Crippen molar-refractivity contribution in [3.63, 3.8) is 0 Å². The highest BCUT2D eigenvalue weighted by Gasteiger charge is 2.26. The zero-order valence-electron chi connectivity index (χ0n) is 24.7. The van der Waals surface area contributed by atoms with Gasteiger partial charge in [-0.25, -0.2) is 13.7 Å². The fourth-order valence-electron chi connectivity index (χ4n) is 6.07. The van der Waals surface area contributed by atoms with Gasteiger partial charge in [0.2, 0.25) is 17.2 Å². The quantitative estimate of drug-likeness (QED) is 0.254. The van der Waals surface area contributed by atoms with Crippen molar-refractivity contribution in [1.82, 2.24) is 23.8 Å². The number of nitrogens with zero attached hydrogens (tertiary/aromatic N) is 6. The molecule has 0 bridgehead atoms. The highest BCUT2D eigenvalue weighted by Crippen LogP contribution is 2.33. The Morgan fingerprint density at radius 3 is 2.63 bits per heavy atom. The zero-order valence-corrected chi connectivity index (χ0v) is 25.5. The van der Waals surface area contributed by atoms with E-state index in [0.717, 1.165) is 91.7 Å². The van der Waals surface area contributed by atoms with E-state index in [0.29, 0.717) is 25.1 Å². The fourth-order valence-corrected chi connectivity index (χ4v) is 6.54. The van der Waals surface area contributed by atoms with Crippen LogP contribution in [0.25, 0.3) is 16.8 Å². The van der Waals surface area contributed by atoms with Crippen LogP contribution < -0.4 is 15.0 Å². The van der Waals surface area contributed by atoms with Crippen molar-refractivity contribution < 1.29 is 18.2 Å². The Labute approximate surface area is 254 Å². The van der Waals surface area contributed by atoms with Crippen molar-refractivity contribution in [2.24, 2.45) is 0 Å². The number of fused-ring (bicyclic) bond motifs is 1. The van der Waals surface area contributed by atoms with E-state index in [1.807, 2.05) is 53.9 Å². The molecule has 6 rings (SSSR count). The lowest BCUT2D eigenvalue weighted by atomic mass is 10.0. The first kappa shape index (κ1) is 29.5. The molecular formula is C31H39N7O4S. The number of anilines is 3. The number of rotatable bonds is 10. The number of piperidine rings is 1.